The number of ether oxygens (including phenoxy) is 1. The molecule has 31 heavy (non-hydrogen) atoms. The molecule has 3 fully saturated rings. The quantitative estimate of drug-likeness (QED) is 0.639. The lowest BCUT2D eigenvalue weighted by Crippen LogP contribution is -2.56. The van der Waals surface area contributed by atoms with Crippen LogP contribution in [0.25, 0.3) is 11.3 Å². The van der Waals surface area contributed by atoms with E-state index in [9.17, 15) is 4.79 Å². The largest absolute Gasteiger partial charge is 0.496 e. The van der Waals surface area contributed by atoms with Crippen LogP contribution >= 0.6 is 11.3 Å². The number of hydrogen-bond acceptors (Lipinski definition) is 5. The monoisotopic (exact) mass is 436 g/mol. The third kappa shape index (κ3) is 3.88. The normalized spacial score (nSPS) is 24.8. The summed E-state index contributed by atoms with van der Waals surface area (Å²) in [5, 5.41) is 9.90. The van der Waals surface area contributed by atoms with Crippen LogP contribution in [0.1, 0.15) is 34.1 Å². The predicted octanol–water partition coefficient (Wildman–Crippen LogP) is 3.77. The minimum absolute atomic E-state index is 0.0438. The van der Waals surface area contributed by atoms with E-state index < -0.39 is 0 Å². The molecule has 162 valence electrons. The van der Waals surface area contributed by atoms with E-state index in [4.69, 9.17) is 9.84 Å². The van der Waals surface area contributed by atoms with Gasteiger partial charge in [0.25, 0.3) is 5.91 Å². The molecule has 0 saturated carbocycles. The van der Waals surface area contributed by atoms with E-state index in [0.717, 1.165) is 47.9 Å². The Morgan fingerprint density at radius 2 is 2.16 bits per heavy atom. The fourth-order valence-electron chi connectivity index (χ4n) is 5.21. The van der Waals surface area contributed by atoms with Gasteiger partial charge in [-0.1, -0.05) is 18.2 Å². The Morgan fingerprint density at radius 1 is 1.29 bits per heavy atom. The highest BCUT2D eigenvalue weighted by molar-refractivity contribution is 7.12. The number of nitrogens with one attached hydrogen (secondary N) is 1. The van der Waals surface area contributed by atoms with Gasteiger partial charge >= 0.3 is 0 Å². The molecular weight excluding hydrogens is 408 g/mol. The molecule has 0 radical (unpaired) electrons. The second-order valence-corrected chi connectivity index (χ2v) is 9.45. The summed E-state index contributed by atoms with van der Waals surface area (Å²) in [5.74, 6) is 1.98. The summed E-state index contributed by atoms with van der Waals surface area (Å²) in [5.41, 5.74) is 3.28. The van der Waals surface area contributed by atoms with Crippen molar-refractivity contribution < 1.29 is 9.53 Å². The molecule has 3 aliphatic heterocycles. The van der Waals surface area contributed by atoms with Crippen LogP contribution in [0.4, 0.5) is 0 Å². The van der Waals surface area contributed by atoms with Gasteiger partial charge in [-0.15, -0.1) is 11.3 Å². The zero-order chi connectivity index (χ0) is 21.4. The Bertz CT molecular complexity index is 1060. The van der Waals surface area contributed by atoms with Crippen LogP contribution in [0.15, 0.2) is 47.8 Å². The van der Waals surface area contributed by atoms with Gasteiger partial charge in [0.15, 0.2) is 0 Å². The van der Waals surface area contributed by atoms with Crippen LogP contribution in [0.2, 0.25) is 0 Å². The van der Waals surface area contributed by atoms with E-state index >= 15 is 0 Å². The molecule has 7 heteroatoms. The van der Waals surface area contributed by atoms with Crippen LogP contribution < -0.4 is 10.1 Å². The SMILES string of the molecule is COc1ccccc1-c1cc(C2CN3CCC2CC3CNC(=O)c2cccs2)n(C)n1. The first-order valence-corrected chi connectivity index (χ1v) is 11.7. The van der Waals surface area contributed by atoms with Crippen LogP contribution in [-0.2, 0) is 7.05 Å². The van der Waals surface area contributed by atoms with E-state index in [0.29, 0.717) is 17.9 Å². The smallest absolute Gasteiger partial charge is 0.261 e. The van der Waals surface area contributed by atoms with E-state index in [1.54, 1.807) is 7.11 Å². The van der Waals surface area contributed by atoms with Crippen LogP contribution in [0.3, 0.4) is 0 Å². The van der Waals surface area contributed by atoms with Gasteiger partial charge in [-0.3, -0.25) is 14.4 Å². The Kier molecular flexibility index (Phi) is 5.54. The molecule has 1 aromatic carbocycles. The topological polar surface area (TPSA) is 59.4 Å². The summed E-state index contributed by atoms with van der Waals surface area (Å²) in [7, 11) is 3.75. The number of aromatic nitrogens is 2. The number of nitrogens with zero attached hydrogens (tertiary/aromatic N) is 3. The minimum atomic E-state index is 0.0438. The molecule has 1 amide bonds. The summed E-state index contributed by atoms with van der Waals surface area (Å²) in [6, 6.07) is 14.5. The van der Waals surface area contributed by atoms with Gasteiger partial charge in [-0.2, -0.15) is 5.10 Å². The van der Waals surface area contributed by atoms with Gasteiger partial charge in [0.1, 0.15) is 5.75 Å². The molecule has 0 aliphatic carbocycles. The number of aryl methyl sites for hydroxylation is 1. The standard InChI is InChI=1S/C24H28N4O2S/c1-27-21(13-20(26-27)18-6-3-4-7-22(18)30-2)19-15-28-10-9-16(19)12-17(28)14-25-24(29)23-8-5-11-31-23/h3-8,11,13,16-17,19H,9-10,12,14-15H2,1-2H3,(H,25,29). The van der Waals surface area contributed by atoms with Gasteiger partial charge < -0.3 is 10.1 Å². The molecular formula is C24H28N4O2S. The van der Waals surface area contributed by atoms with Crippen molar-refractivity contribution in [3.8, 4) is 17.0 Å². The van der Waals surface area contributed by atoms with Gasteiger partial charge in [0.2, 0.25) is 0 Å². The second kappa shape index (κ2) is 8.48. The lowest BCUT2D eigenvalue weighted by Gasteiger charge is -2.49. The maximum atomic E-state index is 12.3. The lowest BCUT2D eigenvalue weighted by molar-refractivity contribution is 0.0280. The van der Waals surface area contributed by atoms with Gasteiger partial charge in [0.05, 0.1) is 17.7 Å². The Morgan fingerprint density at radius 3 is 2.90 bits per heavy atom. The van der Waals surface area contributed by atoms with Crippen molar-refractivity contribution in [1.29, 1.82) is 0 Å². The van der Waals surface area contributed by atoms with Gasteiger partial charge in [0, 0.05) is 43.4 Å². The van der Waals surface area contributed by atoms with Gasteiger partial charge in [-0.25, -0.2) is 0 Å². The van der Waals surface area contributed by atoms with E-state index in [-0.39, 0.29) is 5.91 Å². The van der Waals surface area contributed by atoms with E-state index in [1.807, 2.05) is 47.4 Å². The van der Waals surface area contributed by atoms with Crippen molar-refractivity contribution >= 4 is 17.2 Å². The molecule has 3 saturated heterocycles. The number of carbonyl (C=O) groups excluding carboxylic acids is 1. The molecule has 5 heterocycles. The number of hydrogen-bond donors (Lipinski definition) is 1. The number of para-hydroxylation sites is 1. The third-order valence-corrected chi connectivity index (χ3v) is 7.67. The molecule has 4 atom stereocenters. The summed E-state index contributed by atoms with van der Waals surface area (Å²) in [6.45, 7) is 2.85. The van der Waals surface area contributed by atoms with Crippen molar-refractivity contribution in [1.82, 2.24) is 20.0 Å². The number of methoxy groups -OCH3 is 1. The fraction of sp³-hybridized carbons (Fsp3) is 0.417. The predicted molar refractivity (Wildman–Crippen MR) is 123 cm³/mol. The lowest BCUT2D eigenvalue weighted by atomic mass is 9.74. The highest BCUT2D eigenvalue weighted by atomic mass is 32.1. The summed E-state index contributed by atoms with van der Waals surface area (Å²) >= 11 is 1.49. The molecule has 2 bridgehead atoms. The Balaban J connectivity index is 1.29. The number of carbonyl (C=O) groups is 1. The molecule has 4 unspecified atom stereocenters. The number of piperidine rings is 3. The molecule has 3 aromatic rings. The number of benzene rings is 1. The maximum Gasteiger partial charge on any atom is 0.261 e. The molecule has 6 rings (SSSR count). The van der Waals surface area contributed by atoms with E-state index in [2.05, 4.69) is 22.3 Å². The van der Waals surface area contributed by atoms with Crippen molar-refractivity contribution in [3.05, 3.63) is 58.4 Å². The molecule has 6 nitrogen and oxygen atoms in total. The molecule has 1 N–H and O–H groups in total. The highest BCUT2D eigenvalue weighted by Crippen LogP contribution is 2.42. The number of amides is 1. The van der Waals surface area contributed by atoms with Crippen molar-refractivity contribution in [3.63, 3.8) is 0 Å². The first-order chi connectivity index (χ1) is 15.1. The van der Waals surface area contributed by atoms with Crippen molar-refractivity contribution in [2.45, 2.75) is 24.8 Å². The molecule has 2 aromatic heterocycles. The zero-order valence-corrected chi connectivity index (χ0v) is 18.8. The van der Waals surface area contributed by atoms with Crippen LogP contribution in [0.5, 0.6) is 5.75 Å². The minimum Gasteiger partial charge on any atom is -0.496 e. The first kappa shape index (κ1) is 20.3. The average molecular weight is 437 g/mol. The third-order valence-electron chi connectivity index (χ3n) is 6.80. The molecule has 3 aliphatic rings. The van der Waals surface area contributed by atoms with Crippen LogP contribution in [-0.4, -0.2) is 53.4 Å². The average Bonchev–Trinajstić information content (AvgIpc) is 3.48. The maximum absolute atomic E-state index is 12.3. The van der Waals surface area contributed by atoms with Crippen LogP contribution in [0, 0.1) is 5.92 Å². The fourth-order valence-corrected chi connectivity index (χ4v) is 5.85. The number of rotatable bonds is 6. The zero-order valence-electron chi connectivity index (χ0n) is 18.0. The highest BCUT2D eigenvalue weighted by Gasteiger charge is 2.42. The Hall–Kier alpha value is -2.64. The first-order valence-electron chi connectivity index (χ1n) is 10.9. The van der Waals surface area contributed by atoms with Crippen molar-refractivity contribution in [2.24, 2.45) is 13.0 Å². The summed E-state index contributed by atoms with van der Waals surface area (Å²) in [4.78, 5) is 15.7. The second-order valence-electron chi connectivity index (χ2n) is 8.51. The van der Waals surface area contributed by atoms with Gasteiger partial charge in [-0.05, 0) is 54.9 Å². The Labute approximate surface area is 186 Å². The van der Waals surface area contributed by atoms with E-state index in [1.165, 1.54) is 23.5 Å². The molecule has 0 spiro atoms. The summed E-state index contributed by atoms with van der Waals surface area (Å²) < 4.78 is 7.58. The number of fused-ring (bicyclic) bond motifs is 3. The van der Waals surface area contributed by atoms with Crippen molar-refractivity contribution in [2.75, 3.05) is 26.7 Å². The summed E-state index contributed by atoms with van der Waals surface area (Å²) in [6.07, 6.45) is 2.32. The number of thiophene rings is 1.